The number of ether oxygens (including phenoxy) is 1. The molecule has 0 bridgehead atoms. The zero-order valence-electron chi connectivity index (χ0n) is 15.6. The first-order chi connectivity index (χ1) is 12.7. The maximum Gasteiger partial charge on any atom is 0.220 e. The molecule has 0 spiro atoms. The Hall–Kier alpha value is -0.850. The Morgan fingerprint density at radius 1 is 1.27 bits per heavy atom. The van der Waals surface area contributed by atoms with Gasteiger partial charge in [-0.1, -0.05) is 40.1 Å². The van der Waals surface area contributed by atoms with E-state index in [0.29, 0.717) is 6.42 Å². The van der Waals surface area contributed by atoms with Crippen LogP contribution >= 0.6 is 21.6 Å². The lowest BCUT2D eigenvalue weighted by molar-refractivity contribution is -0.121. The highest BCUT2D eigenvalue weighted by Gasteiger charge is 2.16. The number of benzene rings is 1. The summed E-state index contributed by atoms with van der Waals surface area (Å²) < 4.78 is 5.40. The summed E-state index contributed by atoms with van der Waals surface area (Å²) in [6.45, 7) is 5.56. The third-order valence-electron chi connectivity index (χ3n) is 5.05. The van der Waals surface area contributed by atoms with Gasteiger partial charge in [0, 0.05) is 36.2 Å². The summed E-state index contributed by atoms with van der Waals surface area (Å²) in [5, 5.41) is 3.95. The molecule has 2 heterocycles. The van der Waals surface area contributed by atoms with Gasteiger partial charge in [0.25, 0.3) is 0 Å². The van der Waals surface area contributed by atoms with Crippen molar-refractivity contribution in [2.24, 2.45) is 0 Å². The molecule has 0 aliphatic carbocycles. The van der Waals surface area contributed by atoms with Crippen molar-refractivity contribution in [3.8, 4) is 0 Å². The smallest absolute Gasteiger partial charge is 0.220 e. The van der Waals surface area contributed by atoms with Gasteiger partial charge in [0.05, 0.1) is 19.3 Å². The third kappa shape index (κ3) is 6.10. The number of unbranched alkanes of at least 4 members (excludes halogenated alkanes) is 1. The molecule has 2 aliphatic rings. The molecule has 144 valence electrons. The van der Waals surface area contributed by atoms with E-state index >= 15 is 0 Å². The van der Waals surface area contributed by atoms with Crippen LogP contribution in [0.4, 0.5) is 5.69 Å². The zero-order valence-corrected chi connectivity index (χ0v) is 17.2. The van der Waals surface area contributed by atoms with Crippen molar-refractivity contribution in [2.45, 2.75) is 50.3 Å². The number of anilines is 1. The molecule has 0 saturated carbocycles. The van der Waals surface area contributed by atoms with Crippen molar-refractivity contribution in [3.05, 3.63) is 29.8 Å². The molecular weight excluding hydrogens is 364 g/mol. The second kappa shape index (κ2) is 10.5. The molecule has 2 atom stereocenters. The first kappa shape index (κ1) is 19.9. The number of amides is 1. The molecule has 1 aromatic carbocycles. The summed E-state index contributed by atoms with van der Waals surface area (Å²) >= 11 is 0. The number of nitrogens with zero attached hydrogens (tertiary/aromatic N) is 1. The minimum Gasteiger partial charge on any atom is -0.378 e. The van der Waals surface area contributed by atoms with Gasteiger partial charge in [-0.15, -0.1) is 0 Å². The molecule has 1 N–H and O–H groups in total. The average molecular weight is 395 g/mol. The van der Waals surface area contributed by atoms with Crippen molar-refractivity contribution in [1.82, 2.24) is 5.32 Å². The van der Waals surface area contributed by atoms with Crippen LogP contribution in [0.1, 0.15) is 50.6 Å². The van der Waals surface area contributed by atoms with E-state index in [0.717, 1.165) is 50.0 Å². The first-order valence-electron chi connectivity index (χ1n) is 9.72. The summed E-state index contributed by atoms with van der Waals surface area (Å²) in [6.07, 6.45) is 5.38. The molecule has 0 radical (unpaired) electrons. The molecule has 3 rings (SSSR count). The lowest BCUT2D eigenvalue weighted by Crippen LogP contribution is -2.36. The molecule has 2 fully saturated rings. The fourth-order valence-electron chi connectivity index (χ4n) is 3.41. The third-order valence-corrected chi connectivity index (χ3v) is 8.06. The van der Waals surface area contributed by atoms with Crippen LogP contribution in [0, 0.1) is 0 Å². The van der Waals surface area contributed by atoms with E-state index in [1.165, 1.54) is 24.3 Å². The Morgan fingerprint density at radius 3 is 2.73 bits per heavy atom. The van der Waals surface area contributed by atoms with E-state index in [1.54, 1.807) is 0 Å². The lowest BCUT2D eigenvalue weighted by atomic mass is 10.1. The van der Waals surface area contributed by atoms with Crippen LogP contribution in [0.15, 0.2) is 24.3 Å². The highest BCUT2D eigenvalue weighted by atomic mass is 33.1. The SMILES string of the molecule is CC(NC(=O)CCCCC1CCSS1)c1ccc(N2CCOCC2)cc1. The largest absolute Gasteiger partial charge is 0.378 e. The number of hydrogen-bond acceptors (Lipinski definition) is 5. The molecule has 2 unspecified atom stereocenters. The molecular formula is C20H30N2O2S2. The van der Waals surface area contributed by atoms with E-state index < -0.39 is 0 Å². The number of carbonyl (C=O) groups is 1. The second-order valence-electron chi connectivity index (χ2n) is 7.05. The minimum absolute atomic E-state index is 0.0584. The average Bonchev–Trinajstić information content (AvgIpc) is 3.19. The molecule has 6 heteroatoms. The van der Waals surface area contributed by atoms with Crippen LogP contribution in [0.3, 0.4) is 0 Å². The van der Waals surface area contributed by atoms with E-state index in [1.807, 2.05) is 21.6 Å². The lowest BCUT2D eigenvalue weighted by Gasteiger charge is -2.29. The number of rotatable bonds is 8. The Bertz CT molecular complexity index is 555. The zero-order chi connectivity index (χ0) is 18.2. The second-order valence-corrected chi connectivity index (χ2v) is 9.84. The Labute approximate surface area is 165 Å². The van der Waals surface area contributed by atoms with Gasteiger partial charge in [0.2, 0.25) is 5.91 Å². The molecule has 1 amide bonds. The molecule has 1 aromatic rings. The van der Waals surface area contributed by atoms with Gasteiger partial charge in [-0.25, -0.2) is 0 Å². The van der Waals surface area contributed by atoms with Gasteiger partial charge in [0.15, 0.2) is 0 Å². The van der Waals surface area contributed by atoms with Crippen molar-refractivity contribution in [3.63, 3.8) is 0 Å². The summed E-state index contributed by atoms with van der Waals surface area (Å²) in [7, 11) is 4.02. The van der Waals surface area contributed by atoms with Crippen LogP contribution < -0.4 is 10.2 Å². The number of carbonyl (C=O) groups excluding carboxylic acids is 1. The van der Waals surface area contributed by atoms with Gasteiger partial charge >= 0.3 is 0 Å². The Morgan fingerprint density at radius 2 is 2.04 bits per heavy atom. The van der Waals surface area contributed by atoms with E-state index in [4.69, 9.17) is 4.74 Å². The van der Waals surface area contributed by atoms with Crippen molar-refractivity contribution in [2.75, 3.05) is 37.0 Å². The van der Waals surface area contributed by atoms with Crippen LogP contribution in [-0.2, 0) is 9.53 Å². The molecule has 4 nitrogen and oxygen atoms in total. The van der Waals surface area contributed by atoms with Crippen molar-refractivity contribution in [1.29, 1.82) is 0 Å². The summed E-state index contributed by atoms with van der Waals surface area (Å²) in [6, 6.07) is 8.62. The first-order valence-corrected chi connectivity index (χ1v) is 12.1. The van der Waals surface area contributed by atoms with E-state index in [2.05, 4.69) is 41.4 Å². The van der Waals surface area contributed by atoms with Gasteiger partial charge in [0.1, 0.15) is 0 Å². The van der Waals surface area contributed by atoms with E-state index in [9.17, 15) is 4.79 Å². The monoisotopic (exact) mass is 394 g/mol. The molecule has 0 aromatic heterocycles. The summed E-state index contributed by atoms with van der Waals surface area (Å²) in [4.78, 5) is 14.5. The Kier molecular flexibility index (Phi) is 8.02. The normalized spacial score (nSPS) is 21.6. The van der Waals surface area contributed by atoms with Gasteiger partial charge in [-0.3, -0.25) is 4.79 Å². The van der Waals surface area contributed by atoms with Crippen molar-refractivity contribution < 1.29 is 9.53 Å². The molecule has 2 aliphatic heterocycles. The topological polar surface area (TPSA) is 41.6 Å². The van der Waals surface area contributed by atoms with Crippen molar-refractivity contribution >= 4 is 33.2 Å². The fourth-order valence-corrected chi connectivity index (χ4v) is 6.44. The van der Waals surface area contributed by atoms with Crippen LogP contribution in [-0.4, -0.2) is 43.2 Å². The van der Waals surface area contributed by atoms with Crippen LogP contribution in [0.2, 0.25) is 0 Å². The number of hydrogen-bond donors (Lipinski definition) is 1. The molecule has 2 saturated heterocycles. The number of morpholine rings is 1. The maximum absolute atomic E-state index is 12.2. The van der Waals surface area contributed by atoms with Gasteiger partial charge in [-0.2, -0.15) is 0 Å². The number of nitrogens with one attached hydrogen (secondary N) is 1. The summed E-state index contributed by atoms with van der Waals surface area (Å²) in [5.41, 5.74) is 2.40. The fraction of sp³-hybridized carbons (Fsp3) is 0.650. The highest BCUT2D eigenvalue weighted by molar-refractivity contribution is 8.77. The predicted octanol–water partition coefficient (Wildman–Crippen LogP) is 4.41. The highest BCUT2D eigenvalue weighted by Crippen LogP contribution is 2.39. The van der Waals surface area contributed by atoms with Crippen LogP contribution in [0.5, 0.6) is 0 Å². The quantitative estimate of drug-likeness (QED) is 0.522. The van der Waals surface area contributed by atoms with Crippen LogP contribution in [0.25, 0.3) is 0 Å². The Balaban J connectivity index is 1.37. The summed E-state index contributed by atoms with van der Waals surface area (Å²) in [5.74, 6) is 1.46. The standard InChI is InChI=1S/C20H30N2O2S2/c1-16(21-20(23)5-3-2-4-19-10-15-25-26-19)17-6-8-18(9-7-17)22-11-13-24-14-12-22/h6-9,16,19H,2-5,10-15H2,1H3,(H,21,23). The van der Waals surface area contributed by atoms with E-state index in [-0.39, 0.29) is 11.9 Å². The predicted molar refractivity (Wildman–Crippen MR) is 113 cm³/mol. The minimum atomic E-state index is 0.0584. The maximum atomic E-state index is 12.2. The van der Waals surface area contributed by atoms with Gasteiger partial charge < -0.3 is 15.0 Å². The van der Waals surface area contributed by atoms with Gasteiger partial charge in [-0.05, 0) is 43.9 Å². The molecule has 26 heavy (non-hydrogen) atoms.